The summed E-state index contributed by atoms with van der Waals surface area (Å²) in [5.74, 6) is -0.342. The Labute approximate surface area is 105 Å². The number of rotatable bonds is 3. The van der Waals surface area contributed by atoms with Gasteiger partial charge < -0.3 is 9.88 Å². The summed E-state index contributed by atoms with van der Waals surface area (Å²) >= 11 is 0. The number of carbonyl (C=O) groups excluding carboxylic acids is 1. The molecule has 0 aromatic carbocycles. The third-order valence-electron chi connectivity index (χ3n) is 3.32. The summed E-state index contributed by atoms with van der Waals surface area (Å²) in [6, 6.07) is 3.43. The van der Waals surface area contributed by atoms with E-state index in [1.165, 1.54) is 23.4 Å². The zero-order valence-electron chi connectivity index (χ0n) is 10.1. The minimum Gasteiger partial charge on any atom is -0.367 e. The van der Waals surface area contributed by atoms with E-state index in [2.05, 4.69) is 4.98 Å². The lowest BCUT2D eigenvalue weighted by Crippen LogP contribution is -2.41. The molecule has 0 bridgehead atoms. The summed E-state index contributed by atoms with van der Waals surface area (Å²) in [5.41, 5.74) is -0.195. The molecule has 0 spiro atoms. The molecule has 1 N–H and O–H groups in total. The van der Waals surface area contributed by atoms with Gasteiger partial charge in [0.1, 0.15) is 12.1 Å². The molecule has 0 radical (unpaired) electrons. The fourth-order valence-electron chi connectivity index (χ4n) is 2.40. The van der Waals surface area contributed by atoms with Crippen molar-refractivity contribution in [1.29, 1.82) is 5.26 Å². The quantitative estimate of drug-likeness (QED) is 0.815. The predicted octanol–water partition coefficient (Wildman–Crippen LogP) is 1.28. The lowest BCUT2D eigenvalue weighted by atomic mass is 10.1. The number of hydrogen-bond acceptors (Lipinski definition) is 3. The Morgan fingerprint density at radius 3 is 2.83 bits per heavy atom. The monoisotopic (exact) mass is 245 g/mol. The molecule has 18 heavy (non-hydrogen) atoms. The molecule has 0 atom stereocenters. The molecule has 2 rings (SSSR count). The van der Waals surface area contributed by atoms with Crippen molar-refractivity contribution in [3.63, 3.8) is 0 Å². The van der Waals surface area contributed by atoms with Gasteiger partial charge in [-0.1, -0.05) is 12.8 Å². The van der Waals surface area contributed by atoms with E-state index in [4.69, 9.17) is 5.26 Å². The van der Waals surface area contributed by atoms with Gasteiger partial charge in [0.25, 0.3) is 5.91 Å². The smallest absolute Gasteiger partial charge is 0.260 e. The molecule has 1 aliphatic carbocycles. The second-order valence-corrected chi connectivity index (χ2v) is 4.45. The van der Waals surface area contributed by atoms with Crippen LogP contribution >= 0.6 is 0 Å². The van der Waals surface area contributed by atoms with E-state index in [0.717, 1.165) is 25.7 Å². The molecule has 0 saturated heterocycles. The molecule has 5 nitrogen and oxygen atoms in total. The summed E-state index contributed by atoms with van der Waals surface area (Å²) < 4.78 is 0. The highest BCUT2D eigenvalue weighted by atomic mass is 16.2. The van der Waals surface area contributed by atoms with E-state index in [-0.39, 0.29) is 29.5 Å². The van der Waals surface area contributed by atoms with Crippen LogP contribution in [0.5, 0.6) is 0 Å². The van der Waals surface area contributed by atoms with E-state index < -0.39 is 0 Å². The van der Waals surface area contributed by atoms with Crippen LogP contribution in [0.1, 0.15) is 36.0 Å². The van der Waals surface area contributed by atoms with Gasteiger partial charge in [0.15, 0.2) is 5.43 Å². The number of H-pyrrole nitrogens is 1. The third kappa shape index (κ3) is 2.43. The van der Waals surface area contributed by atoms with Crippen molar-refractivity contribution in [2.45, 2.75) is 31.7 Å². The van der Waals surface area contributed by atoms with E-state index in [9.17, 15) is 9.59 Å². The Kier molecular flexibility index (Phi) is 3.78. The first-order valence-corrected chi connectivity index (χ1v) is 6.09. The number of nitrogens with zero attached hydrogens (tertiary/aromatic N) is 2. The lowest BCUT2D eigenvalue weighted by molar-refractivity contribution is 0.0707. The Hall–Kier alpha value is -2.09. The van der Waals surface area contributed by atoms with Crippen molar-refractivity contribution in [1.82, 2.24) is 9.88 Å². The van der Waals surface area contributed by atoms with Crippen LogP contribution < -0.4 is 5.43 Å². The first-order valence-electron chi connectivity index (χ1n) is 6.09. The second-order valence-electron chi connectivity index (χ2n) is 4.45. The van der Waals surface area contributed by atoms with Crippen molar-refractivity contribution in [3.8, 4) is 6.07 Å². The minimum atomic E-state index is -0.342. The average Bonchev–Trinajstić information content (AvgIpc) is 2.89. The SMILES string of the molecule is N#CCN(C(=O)c1c[nH]ccc1=O)C1CCCC1. The molecular formula is C13H15N3O2. The average molecular weight is 245 g/mol. The molecule has 1 aromatic heterocycles. The summed E-state index contributed by atoms with van der Waals surface area (Å²) in [6.45, 7) is 0.0395. The van der Waals surface area contributed by atoms with Crippen molar-refractivity contribution in [3.05, 3.63) is 34.2 Å². The zero-order valence-corrected chi connectivity index (χ0v) is 10.1. The van der Waals surface area contributed by atoms with Crippen LogP contribution in [0.4, 0.5) is 0 Å². The summed E-state index contributed by atoms with van der Waals surface area (Å²) in [6.07, 6.45) is 6.87. The molecule has 1 saturated carbocycles. The molecule has 1 aromatic rings. The normalized spacial score (nSPS) is 15.3. The molecular weight excluding hydrogens is 230 g/mol. The van der Waals surface area contributed by atoms with Gasteiger partial charge in [-0.15, -0.1) is 0 Å². The predicted molar refractivity (Wildman–Crippen MR) is 66.0 cm³/mol. The van der Waals surface area contributed by atoms with Crippen LogP contribution in [0.25, 0.3) is 0 Å². The molecule has 0 unspecified atom stereocenters. The Bertz CT molecular complexity index is 524. The molecule has 1 aliphatic rings. The van der Waals surface area contributed by atoms with E-state index in [0.29, 0.717) is 0 Å². The highest BCUT2D eigenvalue weighted by Gasteiger charge is 2.28. The molecule has 1 fully saturated rings. The molecule has 5 heteroatoms. The van der Waals surface area contributed by atoms with Crippen molar-refractivity contribution < 1.29 is 4.79 Å². The van der Waals surface area contributed by atoms with Gasteiger partial charge in [0.2, 0.25) is 0 Å². The number of nitrogens with one attached hydrogen (secondary N) is 1. The zero-order chi connectivity index (χ0) is 13.0. The fraction of sp³-hybridized carbons (Fsp3) is 0.462. The van der Waals surface area contributed by atoms with E-state index >= 15 is 0 Å². The van der Waals surface area contributed by atoms with Gasteiger partial charge in [0.05, 0.1) is 6.07 Å². The first-order chi connectivity index (χ1) is 8.74. The van der Waals surface area contributed by atoms with Crippen LogP contribution in [-0.4, -0.2) is 28.4 Å². The summed E-state index contributed by atoms with van der Waals surface area (Å²) in [4.78, 5) is 28.2. The van der Waals surface area contributed by atoms with Crippen LogP contribution in [0.15, 0.2) is 23.3 Å². The maximum Gasteiger partial charge on any atom is 0.260 e. The highest BCUT2D eigenvalue weighted by Crippen LogP contribution is 2.24. The number of pyridine rings is 1. The van der Waals surface area contributed by atoms with Crippen LogP contribution in [0.3, 0.4) is 0 Å². The molecule has 0 aliphatic heterocycles. The maximum absolute atomic E-state index is 12.3. The van der Waals surface area contributed by atoms with E-state index in [1.54, 1.807) is 0 Å². The largest absolute Gasteiger partial charge is 0.367 e. The number of nitriles is 1. The van der Waals surface area contributed by atoms with Crippen molar-refractivity contribution in [2.24, 2.45) is 0 Å². The molecule has 1 heterocycles. The molecule has 94 valence electrons. The number of hydrogen-bond donors (Lipinski definition) is 1. The standard InChI is InChI=1S/C13H15N3O2/c14-6-8-16(10-3-1-2-4-10)13(18)11-9-15-7-5-12(11)17/h5,7,9-10H,1-4,8H2,(H,15,17). The van der Waals surface area contributed by atoms with Gasteiger partial charge in [-0.3, -0.25) is 9.59 Å². The van der Waals surface area contributed by atoms with Crippen LogP contribution in [-0.2, 0) is 0 Å². The van der Waals surface area contributed by atoms with Gasteiger partial charge in [0, 0.05) is 24.5 Å². The van der Waals surface area contributed by atoms with Crippen LogP contribution in [0.2, 0.25) is 0 Å². The van der Waals surface area contributed by atoms with E-state index in [1.807, 2.05) is 6.07 Å². The molecule has 1 amide bonds. The summed E-state index contributed by atoms with van der Waals surface area (Å²) in [5, 5.41) is 8.83. The van der Waals surface area contributed by atoms with Crippen molar-refractivity contribution in [2.75, 3.05) is 6.54 Å². The Balaban J connectivity index is 2.26. The first kappa shape index (κ1) is 12.4. The number of aromatic amines is 1. The second kappa shape index (κ2) is 5.50. The van der Waals surface area contributed by atoms with Crippen LogP contribution in [0, 0.1) is 11.3 Å². The number of carbonyl (C=O) groups is 1. The number of amides is 1. The van der Waals surface area contributed by atoms with Gasteiger partial charge >= 0.3 is 0 Å². The summed E-state index contributed by atoms with van der Waals surface area (Å²) in [7, 11) is 0. The Morgan fingerprint density at radius 1 is 1.50 bits per heavy atom. The van der Waals surface area contributed by atoms with Crippen molar-refractivity contribution >= 4 is 5.91 Å². The lowest BCUT2D eigenvalue weighted by Gasteiger charge is -2.26. The maximum atomic E-state index is 12.3. The Morgan fingerprint density at radius 2 is 2.22 bits per heavy atom. The third-order valence-corrected chi connectivity index (χ3v) is 3.32. The van der Waals surface area contributed by atoms with Gasteiger partial charge in [-0.2, -0.15) is 5.26 Å². The van der Waals surface area contributed by atoms with Gasteiger partial charge in [-0.25, -0.2) is 0 Å². The fourth-order valence-corrected chi connectivity index (χ4v) is 2.40. The number of aromatic nitrogens is 1. The highest BCUT2D eigenvalue weighted by molar-refractivity contribution is 5.94. The topological polar surface area (TPSA) is 77.0 Å². The minimum absolute atomic E-state index is 0.0395. The van der Waals surface area contributed by atoms with Gasteiger partial charge in [-0.05, 0) is 12.8 Å².